The molecule has 4 saturated carbocycles. The molecule has 0 heterocycles. The average Bonchev–Trinajstić information content (AvgIpc) is 1.90. The van der Waals surface area contributed by atoms with E-state index >= 15 is 0 Å². The molecule has 0 aromatic heterocycles. The van der Waals surface area contributed by atoms with Gasteiger partial charge in [-0.2, -0.15) is 0 Å². The van der Waals surface area contributed by atoms with Crippen LogP contribution in [-0.4, -0.2) is 24.4 Å². The van der Waals surface area contributed by atoms with Crippen molar-refractivity contribution in [1.82, 2.24) is 0 Å². The van der Waals surface area contributed by atoms with Gasteiger partial charge in [0.2, 0.25) is 13.7 Å². The Labute approximate surface area is 105 Å². The molecule has 0 saturated heterocycles. The van der Waals surface area contributed by atoms with Crippen molar-refractivity contribution in [2.24, 2.45) is 22.5 Å². The van der Waals surface area contributed by atoms with Crippen LogP contribution in [0.4, 0.5) is 4.79 Å². The van der Waals surface area contributed by atoms with Gasteiger partial charge >= 0.3 is 0 Å². The molecule has 3 N–H and O–H groups in total. The Morgan fingerprint density at radius 3 is 1.88 bits per heavy atom. The van der Waals surface area contributed by atoms with Gasteiger partial charge in [-0.05, 0) is 55.3 Å². The number of hydrogen-bond donors (Lipinski definition) is 2. The Balaban J connectivity index is 0.000000239. The smallest absolute Gasteiger partial charge is 0.242 e. The predicted molar refractivity (Wildman–Crippen MR) is 70.9 cm³/mol. The third kappa shape index (κ3) is 2.67. The summed E-state index contributed by atoms with van der Waals surface area (Å²) in [5.41, 5.74) is 7.92. The van der Waals surface area contributed by atoms with E-state index < -0.39 is 5.87 Å². The zero-order valence-electron chi connectivity index (χ0n) is 11.3. The van der Waals surface area contributed by atoms with E-state index in [1.807, 2.05) is 0 Å². The van der Waals surface area contributed by atoms with Gasteiger partial charge in [0.1, 0.15) is 0 Å². The van der Waals surface area contributed by atoms with Gasteiger partial charge in [0.25, 0.3) is 0 Å². The lowest BCUT2D eigenvalue weighted by molar-refractivity contribution is -0.104. The van der Waals surface area contributed by atoms with Crippen LogP contribution in [0.15, 0.2) is 0 Å². The molecule has 4 bridgehead atoms. The Hall–Kier alpha value is -0.505. The third-order valence-corrected chi connectivity index (χ3v) is 4.67. The second-order valence-electron chi connectivity index (χ2n) is 7.51. The minimum atomic E-state index is -0.833. The maximum Gasteiger partial charge on any atom is 0.242 e. The Bertz CT molecular complexity index is 290. The fraction of sp³-hybridized carbons (Fsp3) is 0.923. The Morgan fingerprint density at radius 2 is 1.59 bits per heavy atom. The van der Waals surface area contributed by atoms with Crippen molar-refractivity contribution in [3.63, 3.8) is 0 Å². The second kappa shape index (κ2) is 3.74. The summed E-state index contributed by atoms with van der Waals surface area (Å²) < 4.78 is 0. The van der Waals surface area contributed by atoms with Crippen LogP contribution in [0.25, 0.3) is 0 Å². The molecule has 4 heteroatoms. The Kier molecular flexibility index (Phi) is 2.85. The summed E-state index contributed by atoms with van der Waals surface area (Å²) in [6.07, 6.45) is 8.27. The van der Waals surface area contributed by atoms with Crippen molar-refractivity contribution in [3.05, 3.63) is 0 Å². The normalized spacial score (nSPS) is 50.6. The van der Waals surface area contributed by atoms with Crippen LogP contribution in [0.1, 0.15) is 52.4 Å². The predicted octanol–water partition coefficient (Wildman–Crippen LogP) is 1.99. The third-order valence-electron chi connectivity index (χ3n) is 4.67. The van der Waals surface area contributed by atoms with Gasteiger partial charge in [0, 0.05) is 5.54 Å². The number of rotatable bonds is 0. The minimum Gasteiger partial charge on any atom is -0.490 e. The van der Waals surface area contributed by atoms with E-state index in [1.165, 1.54) is 38.5 Å². The highest BCUT2D eigenvalue weighted by molar-refractivity contribution is 6.54. The first kappa shape index (κ1) is 12.9. The molecule has 0 amide bonds. The highest BCUT2D eigenvalue weighted by Gasteiger charge is 2.58. The first-order valence-electron chi connectivity index (χ1n) is 6.62. The highest BCUT2D eigenvalue weighted by atomic mass is 16.4. The molecule has 3 nitrogen and oxygen atoms in total. The summed E-state index contributed by atoms with van der Waals surface area (Å²) in [6, 6.07) is 0. The van der Waals surface area contributed by atoms with Gasteiger partial charge in [-0.15, -0.1) is 0 Å². The summed E-state index contributed by atoms with van der Waals surface area (Å²) in [7, 11) is 1.08. The number of nitrogens with two attached hydrogens (primary N) is 1. The van der Waals surface area contributed by atoms with Crippen molar-refractivity contribution >= 4 is 13.7 Å². The molecular formula is C13H24BNO2. The van der Waals surface area contributed by atoms with E-state index in [2.05, 4.69) is 13.8 Å². The lowest BCUT2D eigenvalue weighted by Gasteiger charge is -2.64. The van der Waals surface area contributed by atoms with Crippen LogP contribution in [0.2, 0.25) is 0 Å². The molecule has 0 spiro atoms. The molecular weight excluding hydrogens is 213 g/mol. The van der Waals surface area contributed by atoms with Gasteiger partial charge in [-0.1, -0.05) is 13.8 Å². The average molecular weight is 237 g/mol. The van der Waals surface area contributed by atoms with Crippen LogP contribution in [0.3, 0.4) is 0 Å². The SMILES string of the molecule is BC(=O)O.CC12CC3CC(C)(C1)CC(N)(C3)C2. The maximum atomic E-state index is 9.00. The van der Waals surface area contributed by atoms with Crippen LogP contribution < -0.4 is 5.73 Å². The molecule has 2 unspecified atom stereocenters. The van der Waals surface area contributed by atoms with Crippen LogP contribution >= 0.6 is 0 Å². The summed E-state index contributed by atoms with van der Waals surface area (Å²) in [5.74, 6) is 0.122. The second-order valence-corrected chi connectivity index (χ2v) is 7.51. The van der Waals surface area contributed by atoms with Gasteiger partial charge in [-0.3, -0.25) is 4.79 Å². The monoisotopic (exact) mass is 237 g/mol. The summed E-state index contributed by atoms with van der Waals surface area (Å²) >= 11 is 0. The van der Waals surface area contributed by atoms with E-state index in [9.17, 15) is 0 Å². The maximum absolute atomic E-state index is 9.00. The fourth-order valence-electron chi connectivity index (χ4n) is 5.54. The zero-order valence-corrected chi connectivity index (χ0v) is 11.3. The van der Waals surface area contributed by atoms with Crippen molar-refractivity contribution in [2.75, 3.05) is 0 Å². The largest absolute Gasteiger partial charge is 0.490 e. The molecule has 17 heavy (non-hydrogen) atoms. The van der Waals surface area contributed by atoms with Crippen molar-refractivity contribution < 1.29 is 9.90 Å². The van der Waals surface area contributed by atoms with E-state index in [1.54, 1.807) is 0 Å². The molecule has 4 aliphatic carbocycles. The Morgan fingerprint density at radius 1 is 1.18 bits per heavy atom. The van der Waals surface area contributed by atoms with E-state index in [0.717, 1.165) is 13.8 Å². The lowest BCUT2D eigenvalue weighted by atomic mass is 9.43. The van der Waals surface area contributed by atoms with E-state index in [0.29, 0.717) is 10.8 Å². The highest BCUT2D eigenvalue weighted by Crippen LogP contribution is 2.65. The number of carbonyl (C=O) groups is 1. The molecule has 4 aliphatic rings. The molecule has 0 aromatic carbocycles. The topological polar surface area (TPSA) is 63.3 Å². The summed E-state index contributed by atoms with van der Waals surface area (Å²) in [4.78, 5) is 9.00. The molecule has 4 fully saturated rings. The standard InChI is InChI=1S/C12H21N.CH3BO2/c1-10-3-9-4-11(2,6-10)8-12(13,5-9)7-10;2-1(3)4/h9H,3-8,13H2,1-2H3;2H2,(H,3,4). The number of carboxylic acid groups (broad SMARTS) is 1. The van der Waals surface area contributed by atoms with Crippen LogP contribution in [-0.2, 0) is 0 Å². The quantitative estimate of drug-likeness (QED) is 0.633. The van der Waals surface area contributed by atoms with Crippen molar-refractivity contribution in [3.8, 4) is 0 Å². The van der Waals surface area contributed by atoms with Crippen LogP contribution in [0.5, 0.6) is 0 Å². The number of hydrogen-bond acceptors (Lipinski definition) is 2. The molecule has 4 rings (SSSR count). The van der Waals surface area contributed by atoms with Gasteiger partial charge in [-0.25, -0.2) is 0 Å². The molecule has 0 aromatic rings. The van der Waals surface area contributed by atoms with E-state index in [-0.39, 0.29) is 5.54 Å². The van der Waals surface area contributed by atoms with Gasteiger partial charge in [0.15, 0.2) is 0 Å². The molecule has 0 aliphatic heterocycles. The van der Waals surface area contributed by atoms with Crippen molar-refractivity contribution in [2.45, 2.75) is 57.9 Å². The molecule has 0 radical (unpaired) electrons. The minimum absolute atomic E-state index is 0.225. The lowest BCUT2D eigenvalue weighted by Crippen LogP contribution is -2.62. The fourth-order valence-corrected chi connectivity index (χ4v) is 5.54. The summed E-state index contributed by atoms with van der Waals surface area (Å²) in [5, 5.41) is 7.42. The first-order chi connectivity index (χ1) is 7.64. The van der Waals surface area contributed by atoms with Crippen molar-refractivity contribution in [1.29, 1.82) is 0 Å². The zero-order chi connectivity index (χ0) is 12.9. The van der Waals surface area contributed by atoms with Gasteiger partial charge in [0.05, 0.1) is 0 Å². The van der Waals surface area contributed by atoms with E-state index in [4.69, 9.17) is 15.6 Å². The van der Waals surface area contributed by atoms with Gasteiger partial charge < -0.3 is 10.8 Å². The molecule has 96 valence electrons. The first-order valence-corrected chi connectivity index (χ1v) is 6.62. The summed E-state index contributed by atoms with van der Waals surface area (Å²) in [6.45, 7) is 4.94. The van der Waals surface area contributed by atoms with Crippen LogP contribution in [0, 0.1) is 16.7 Å². The molecule has 2 atom stereocenters.